The molecule has 4 rings (SSSR count). The Morgan fingerprint density at radius 1 is 1.05 bits per heavy atom. The summed E-state index contributed by atoms with van der Waals surface area (Å²) in [7, 11) is 2.22. The molecule has 98 valence electrons. The molecule has 2 aliphatic heterocycles. The normalized spacial score (nSPS) is 27.1. The van der Waals surface area contributed by atoms with Gasteiger partial charge < -0.3 is 9.80 Å². The van der Waals surface area contributed by atoms with Crippen molar-refractivity contribution in [1.82, 2.24) is 14.9 Å². The largest absolute Gasteiger partial charge is 0.347 e. The van der Waals surface area contributed by atoms with Crippen LogP contribution < -0.4 is 4.90 Å². The van der Waals surface area contributed by atoms with Crippen molar-refractivity contribution < 1.29 is 0 Å². The molecule has 3 heterocycles. The number of fused-ring (bicyclic) bond motifs is 3. The van der Waals surface area contributed by atoms with Crippen molar-refractivity contribution in [2.24, 2.45) is 0 Å². The molecule has 0 N–H and O–H groups in total. The van der Waals surface area contributed by atoms with Crippen LogP contribution in [0.2, 0.25) is 0 Å². The molecule has 2 atom stereocenters. The Labute approximate surface area is 113 Å². The van der Waals surface area contributed by atoms with Gasteiger partial charge >= 0.3 is 0 Å². The monoisotopic (exact) mass is 254 g/mol. The van der Waals surface area contributed by atoms with E-state index >= 15 is 0 Å². The molecule has 2 bridgehead atoms. The molecule has 2 fully saturated rings. The topological polar surface area (TPSA) is 32.3 Å². The molecule has 0 aliphatic carbocycles. The number of nitrogens with zero attached hydrogens (tertiary/aromatic N) is 4. The first kappa shape index (κ1) is 11.2. The molecule has 0 spiro atoms. The van der Waals surface area contributed by atoms with Gasteiger partial charge in [0.15, 0.2) is 0 Å². The highest BCUT2D eigenvalue weighted by Crippen LogP contribution is 2.33. The first-order valence-corrected chi connectivity index (χ1v) is 7.00. The number of rotatable bonds is 1. The Hall–Kier alpha value is -1.68. The van der Waals surface area contributed by atoms with Gasteiger partial charge in [0.25, 0.3) is 0 Å². The van der Waals surface area contributed by atoms with Gasteiger partial charge in [-0.2, -0.15) is 0 Å². The quantitative estimate of drug-likeness (QED) is 0.778. The maximum atomic E-state index is 4.81. The molecule has 1 aromatic carbocycles. The highest BCUT2D eigenvalue weighted by molar-refractivity contribution is 5.75. The molecule has 0 saturated carbocycles. The lowest BCUT2D eigenvalue weighted by Crippen LogP contribution is -2.52. The molecule has 1 aromatic heterocycles. The lowest BCUT2D eigenvalue weighted by atomic mass is 10.2. The van der Waals surface area contributed by atoms with Crippen molar-refractivity contribution in [1.29, 1.82) is 0 Å². The molecule has 2 saturated heterocycles. The summed E-state index contributed by atoms with van der Waals surface area (Å²) < 4.78 is 0. The van der Waals surface area contributed by atoms with Crippen LogP contribution in [-0.2, 0) is 0 Å². The smallest absolute Gasteiger partial charge is 0.148 e. The molecule has 2 aliphatic rings. The van der Waals surface area contributed by atoms with Gasteiger partial charge in [-0.3, -0.25) is 4.98 Å². The van der Waals surface area contributed by atoms with Crippen LogP contribution in [0.4, 0.5) is 5.82 Å². The van der Waals surface area contributed by atoms with Crippen LogP contribution in [0.15, 0.2) is 30.5 Å². The van der Waals surface area contributed by atoms with Crippen molar-refractivity contribution >= 4 is 16.9 Å². The van der Waals surface area contributed by atoms with Crippen LogP contribution in [0, 0.1) is 0 Å². The van der Waals surface area contributed by atoms with Gasteiger partial charge in [0, 0.05) is 25.2 Å². The van der Waals surface area contributed by atoms with Crippen LogP contribution >= 0.6 is 0 Å². The van der Waals surface area contributed by atoms with Crippen molar-refractivity contribution in [3.63, 3.8) is 0 Å². The van der Waals surface area contributed by atoms with E-state index in [4.69, 9.17) is 4.98 Å². The van der Waals surface area contributed by atoms with Gasteiger partial charge in [-0.1, -0.05) is 12.1 Å². The summed E-state index contributed by atoms with van der Waals surface area (Å²) in [5, 5.41) is 0. The lowest BCUT2D eigenvalue weighted by Gasteiger charge is -2.40. The maximum Gasteiger partial charge on any atom is 0.148 e. The number of aromatic nitrogens is 2. The number of likely N-dealkylation sites (N-methyl/N-ethyl adjacent to an activating group) is 1. The summed E-state index contributed by atoms with van der Waals surface area (Å²) in [6.07, 6.45) is 4.51. The third-order valence-electron chi connectivity index (χ3n) is 4.37. The standard InChI is InChI=1S/C15H18N4/c1-18-9-11-6-7-12(10-18)19(11)15-8-16-13-4-2-3-5-14(13)17-15/h2-5,8,11-12H,6-7,9-10H2,1H3/t11-,12+. The van der Waals surface area contributed by atoms with Gasteiger partial charge in [0.2, 0.25) is 0 Å². The van der Waals surface area contributed by atoms with Crippen LogP contribution in [0.3, 0.4) is 0 Å². The molecule has 0 unspecified atom stereocenters. The van der Waals surface area contributed by atoms with Crippen LogP contribution in [0.5, 0.6) is 0 Å². The maximum absolute atomic E-state index is 4.81. The third-order valence-corrected chi connectivity index (χ3v) is 4.37. The molecular formula is C15H18N4. The third kappa shape index (κ3) is 1.78. The van der Waals surface area contributed by atoms with Gasteiger partial charge in [-0.25, -0.2) is 4.98 Å². The molecule has 4 nitrogen and oxygen atoms in total. The van der Waals surface area contributed by atoms with Gasteiger partial charge in [0.05, 0.1) is 17.2 Å². The summed E-state index contributed by atoms with van der Waals surface area (Å²) in [6, 6.07) is 9.32. The summed E-state index contributed by atoms with van der Waals surface area (Å²) in [4.78, 5) is 14.3. The second kappa shape index (κ2) is 4.17. The predicted octanol–water partition coefficient (Wildman–Crippen LogP) is 1.91. The summed E-state index contributed by atoms with van der Waals surface area (Å²) in [5.74, 6) is 1.05. The second-order valence-electron chi connectivity index (χ2n) is 5.73. The highest BCUT2D eigenvalue weighted by Gasteiger charge is 2.39. The van der Waals surface area contributed by atoms with Crippen LogP contribution in [0.1, 0.15) is 12.8 Å². The van der Waals surface area contributed by atoms with Crippen molar-refractivity contribution in [3.05, 3.63) is 30.5 Å². The second-order valence-corrected chi connectivity index (χ2v) is 5.73. The van der Waals surface area contributed by atoms with E-state index in [1.807, 2.05) is 30.5 Å². The minimum absolute atomic E-state index is 0.610. The number of benzene rings is 1. The fourth-order valence-electron chi connectivity index (χ4n) is 3.56. The van der Waals surface area contributed by atoms with E-state index in [0.29, 0.717) is 12.1 Å². The zero-order valence-electron chi connectivity index (χ0n) is 11.2. The Bertz CT molecular complexity index is 598. The SMILES string of the molecule is CN1C[C@H]2CC[C@@H](C1)N2c1cnc2ccccc2n1. The molecule has 4 heteroatoms. The van der Waals surface area contributed by atoms with Crippen molar-refractivity contribution in [2.45, 2.75) is 24.9 Å². The number of hydrogen-bond acceptors (Lipinski definition) is 4. The lowest BCUT2D eigenvalue weighted by molar-refractivity contribution is 0.264. The van der Waals surface area contributed by atoms with E-state index in [0.717, 1.165) is 29.9 Å². The Balaban J connectivity index is 1.74. The van der Waals surface area contributed by atoms with Crippen LogP contribution in [-0.4, -0.2) is 47.1 Å². The molecule has 0 radical (unpaired) electrons. The highest BCUT2D eigenvalue weighted by atomic mass is 15.3. The van der Waals surface area contributed by atoms with E-state index < -0.39 is 0 Å². The Morgan fingerprint density at radius 3 is 2.47 bits per heavy atom. The number of piperazine rings is 1. The zero-order valence-corrected chi connectivity index (χ0v) is 11.2. The zero-order chi connectivity index (χ0) is 12.8. The summed E-state index contributed by atoms with van der Waals surface area (Å²) in [6.45, 7) is 2.29. The number of likely N-dealkylation sites (tertiary alicyclic amines) is 1. The van der Waals surface area contributed by atoms with E-state index in [-0.39, 0.29) is 0 Å². The Morgan fingerprint density at radius 2 is 1.74 bits per heavy atom. The van der Waals surface area contributed by atoms with Crippen molar-refractivity contribution in [2.75, 3.05) is 25.0 Å². The molecule has 2 aromatic rings. The van der Waals surface area contributed by atoms with Gasteiger partial charge in [-0.05, 0) is 32.0 Å². The first-order valence-electron chi connectivity index (χ1n) is 7.00. The number of anilines is 1. The van der Waals surface area contributed by atoms with Crippen molar-refractivity contribution in [3.8, 4) is 0 Å². The average Bonchev–Trinajstić information content (AvgIpc) is 2.70. The van der Waals surface area contributed by atoms with Gasteiger partial charge in [0.1, 0.15) is 5.82 Å². The number of hydrogen-bond donors (Lipinski definition) is 0. The van der Waals surface area contributed by atoms with E-state index in [1.165, 1.54) is 12.8 Å². The van der Waals surface area contributed by atoms with E-state index in [2.05, 4.69) is 21.8 Å². The average molecular weight is 254 g/mol. The van der Waals surface area contributed by atoms with Crippen LogP contribution in [0.25, 0.3) is 11.0 Å². The van der Waals surface area contributed by atoms with E-state index in [1.54, 1.807) is 0 Å². The minimum atomic E-state index is 0.610. The molecule has 0 amide bonds. The Kier molecular flexibility index (Phi) is 2.45. The summed E-state index contributed by atoms with van der Waals surface area (Å²) in [5.41, 5.74) is 1.98. The number of para-hydroxylation sites is 2. The fraction of sp³-hybridized carbons (Fsp3) is 0.467. The van der Waals surface area contributed by atoms with E-state index in [9.17, 15) is 0 Å². The predicted molar refractivity (Wildman–Crippen MR) is 76.3 cm³/mol. The fourth-order valence-corrected chi connectivity index (χ4v) is 3.56. The first-order chi connectivity index (χ1) is 9.31. The molecule has 19 heavy (non-hydrogen) atoms. The summed E-state index contributed by atoms with van der Waals surface area (Å²) >= 11 is 0. The van der Waals surface area contributed by atoms with Gasteiger partial charge in [-0.15, -0.1) is 0 Å². The minimum Gasteiger partial charge on any atom is -0.347 e. The molecular weight excluding hydrogens is 236 g/mol.